The molecular formula is C9H14BrClN2. The highest BCUT2D eigenvalue weighted by molar-refractivity contribution is 9.10. The van der Waals surface area contributed by atoms with Crippen molar-refractivity contribution in [3.05, 3.63) is 18.0 Å². The molecule has 0 aliphatic rings. The lowest BCUT2D eigenvalue weighted by molar-refractivity contribution is 0.549. The van der Waals surface area contributed by atoms with Crippen LogP contribution in [0.4, 0.5) is 0 Å². The first-order chi connectivity index (χ1) is 6.18. The Labute approximate surface area is 92.4 Å². The molecule has 0 aliphatic heterocycles. The summed E-state index contributed by atoms with van der Waals surface area (Å²) in [6.07, 6.45) is 5.30. The summed E-state index contributed by atoms with van der Waals surface area (Å²) in [5, 5.41) is 4.30. The van der Waals surface area contributed by atoms with Crippen LogP contribution in [0.25, 0.3) is 0 Å². The SMILES string of the molecule is Cc1ccn(CCCCC(Cl)Br)n1. The standard InChI is InChI=1S/C9H14BrClN2/c1-8-5-7-13(12-8)6-3-2-4-9(10)11/h5,7,9H,2-4,6H2,1H3. The lowest BCUT2D eigenvalue weighted by Gasteiger charge is -2.02. The molecule has 1 heterocycles. The number of halogens is 2. The summed E-state index contributed by atoms with van der Waals surface area (Å²) in [5.41, 5.74) is 1.08. The summed E-state index contributed by atoms with van der Waals surface area (Å²) in [6.45, 7) is 2.99. The minimum absolute atomic E-state index is 0.117. The molecule has 1 rings (SSSR count). The van der Waals surface area contributed by atoms with Crippen molar-refractivity contribution in [2.75, 3.05) is 0 Å². The average molecular weight is 266 g/mol. The van der Waals surface area contributed by atoms with Gasteiger partial charge in [-0.3, -0.25) is 4.68 Å². The summed E-state index contributed by atoms with van der Waals surface area (Å²) in [4.78, 5) is 0. The average Bonchev–Trinajstić information content (AvgIpc) is 2.45. The fourth-order valence-electron chi connectivity index (χ4n) is 1.16. The van der Waals surface area contributed by atoms with Crippen LogP contribution in [0.3, 0.4) is 0 Å². The molecule has 0 bridgehead atoms. The van der Waals surface area contributed by atoms with E-state index in [2.05, 4.69) is 21.0 Å². The topological polar surface area (TPSA) is 17.8 Å². The summed E-state index contributed by atoms with van der Waals surface area (Å²) in [7, 11) is 0. The van der Waals surface area contributed by atoms with E-state index in [-0.39, 0.29) is 4.29 Å². The number of unbranched alkanes of at least 4 members (excludes halogenated alkanes) is 1. The monoisotopic (exact) mass is 264 g/mol. The molecule has 2 nitrogen and oxygen atoms in total. The second kappa shape index (κ2) is 5.66. The minimum atomic E-state index is 0.117. The van der Waals surface area contributed by atoms with Crippen LogP contribution in [0.1, 0.15) is 25.0 Å². The van der Waals surface area contributed by atoms with Crippen molar-refractivity contribution in [1.29, 1.82) is 0 Å². The van der Waals surface area contributed by atoms with E-state index in [1.54, 1.807) is 0 Å². The molecule has 1 aromatic heterocycles. The maximum Gasteiger partial charge on any atom is 0.0886 e. The first-order valence-corrected chi connectivity index (χ1v) is 5.82. The highest BCUT2D eigenvalue weighted by Gasteiger charge is 1.98. The van der Waals surface area contributed by atoms with Crippen molar-refractivity contribution in [2.45, 2.75) is 37.0 Å². The summed E-state index contributed by atoms with van der Waals surface area (Å²) in [6, 6.07) is 2.02. The molecule has 1 atom stereocenters. The molecule has 0 amide bonds. The molecule has 4 heteroatoms. The third-order valence-corrected chi connectivity index (χ3v) is 2.51. The number of nitrogens with zero attached hydrogens (tertiary/aromatic N) is 2. The minimum Gasteiger partial charge on any atom is -0.273 e. The first kappa shape index (κ1) is 11.1. The van der Waals surface area contributed by atoms with Crippen LogP contribution in [0.2, 0.25) is 0 Å². The molecule has 13 heavy (non-hydrogen) atoms. The molecule has 0 radical (unpaired) electrons. The third kappa shape index (κ3) is 4.67. The Hall–Kier alpha value is -0.0200. The van der Waals surface area contributed by atoms with E-state index in [9.17, 15) is 0 Å². The Kier molecular flexibility index (Phi) is 4.81. The summed E-state index contributed by atoms with van der Waals surface area (Å²) >= 11 is 9.07. The Balaban J connectivity index is 2.13. The molecular weight excluding hydrogens is 251 g/mol. The second-order valence-electron chi connectivity index (χ2n) is 3.11. The number of aromatic nitrogens is 2. The van der Waals surface area contributed by atoms with Crippen LogP contribution in [0.15, 0.2) is 12.3 Å². The summed E-state index contributed by atoms with van der Waals surface area (Å²) < 4.78 is 2.10. The zero-order valence-electron chi connectivity index (χ0n) is 7.71. The molecule has 0 aromatic carbocycles. The smallest absolute Gasteiger partial charge is 0.0886 e. The van der Waals surface area contributed by atoms with Gasteiger partial charge in [0.2, 0.25) is 0 Å². The first-order valence-electron chi connectivity index (χ1n) is 4.46. The van der Waals surface area contributed by atoms with Crippen molar-refractivity contribution < 1.29 is 0 Å². The van der Waals surface area contributed by atoms with Gasteiger partial charge in [-0.2, -0.15) is 5.10 Å². The Morgan fingerprint density at radius 1 is 1.62 bits per heavy atom. The van der Waals surface area contributed by atoms with E-state index in [4.69, 9.17) is 11.6 Å². The van der Waals surface area contributed by atoms with Gasteiger partial charge in [-0.05, 0) is 32.3 Å². The normalized spacial score (nSPS) is 13.2. The lowest BCUT2D eigenvalue weighted by atomic mass is 10.2. The molecule has 0 saturated carbocycles. The molecule has 0 spiro atoms. The van der Waals surface area contributed by atoms with E-state index >= 15 is 0 Å². The van der Waals surface area contributed by atoms with Gasteiger partial charge < -0.3 is 0 Å². The van der Waals surface area contributed by atoms with Crippen molar-refractivity contribution in [3.63, 3.8) is 0 Å². The van der Waals surface area contributed by atoms with E-state index < -0.39 is 0 Å². The zero-order chi connectivity index (χ0) is 9.68. The van der Waals surface area contributed by atoms with E-state index in [0.29, 0.717) is 0 Å². The Morgan fingerprint density at radius 2 is 2.38 bits per heavy atom. The highest BCUT2D eigenvalue weighted by Crippen LogP contribution is 2.13. The molecule has 1 unspecified atom stereocenters. The fraction of sp³-hybridized carbons (Fsp3) is 0.667. The van der Waals surface area contributed by atoms with Gasteiger partial charge in [-0.1, -0.05) is 15.9 Å². The third-order valence-electron chi connectivity index (χ3n) is 1.83. The van der Waals surface area contributed by atoms with Gasteiger partial charge in [-0.15, -0.1) is 11.6 Å². The maximum atomic E-state index is 5.76. The molecule has 0 fully saturated rings. The Morgan fingerprint density at radius 3 is 2.92 bits per heavy atom. The van der Waals surface area contributed by atoms with Crippen LogP contribution >= 0.6 is 27.5 Å². The Bertz CT molecular complexity index is 248. The van der Waals surface area contributed by atoms with Gasteiger partial charge in [0.25, 0.3) is 0 Å². The van der Waals surface area contributed by atoms with Gasteiger partial charge >= 0.3 is 0 Å². The van der Waals surface area contributed by atoms with Gasteiger partial charge in [0, 0.05) is 12.7 Å². The molecule has 0 aliphatic carbocycles. The second-order valence-corrected chi connectivity index (χ2v) is 5.27. The number of rotatable bonds is 5. The van der Waals surface area contributed by atoms with Crippen LogP contribution in [0.5, 0.6) is 0 Å². The van der Waals surface area contributed by atoms with E-state index in [1.165, 1.54) is 0 Å². The van der Waals surface area contributed by atoms with Crippen molar-refractivity contribution in [1.82, 2.24) is 9.78 Å². The highest BCUT2D eigenvalue weighted by atomic mass is 79.9. The van der Waals surface area contributed by atoms with Gasteiger partial charge in [-0.25, -0.2) is 0 Å². The fourth-order valence-corrected chi connectivity index (χ4v) is 1.64. The van der Waals surface area contributed by atoms with Crippen LogP contribution in [-0.4, -0.2) is 14.1 Å². The quantitative estimate of drug-likeness (QED) is 0.590. The molecule has 0 saturated heterocycles. The summed E-state index contributed by atoms with van der Waals surface area (Å²) in [5.74, 6) is 0. The molecule has 1 aromatic rings. The predicted octanol–water partition coefficient (Wildman–Crippen LogP) is 3.32. The van der Waals surface area contributed by atoms with Gasteiger partial charge in [0.1, 0.15) is 0 Å². The number of alkyl halides is 2. The van der Waals surface area contributed by atoms with Gasteiger partial charge in [0.15, 0.2) is 0 Å². The molecule has 0 N–H and O–H groups in total. The zero-order valence-corrected chi connectivity index (χ0v) is 10.1. The van der Waals surface area contributed by atoms with Crippen molar-refractivity contribution in [2.24, 2.45) is 0 Å². The maximum absolute atomic E-state index is 5.76. The number of aryl methyl sites for hydroxylation is 2. The van der Waals surface area contributed by atoms with E-state index in [0.717, 1.165) is 31.5 Å². The number of hydrogen-bond donors (Lipinski definition) is 0. The van der Waals surface area contributed by atoms with Crippen LogP contribution in [-0.2, 0) is 6.54 Å². The number of hydrogen-bond acceptors (Lipinski definition) is 1. The van der Waals surface area contributed by atoms with Crippen molar-refractivity contribution >= 4 is 27.5 Å². The van der Waals surface area contributed by atoms with Crippen LogP contribution in [0, 0.1) is 6.92 Å². The predicted molar refractivity (Wildman–Crippen MR) is 59.4 cm³/mol. The van der Waals surface area contributed by atoms with Crippen LogP contribution < -0.4 is 0 Å². The van der Waals surface area contributed by atoms with Gasteiger partial charge in [0.05, 0.1) is 9.98 Å². The van der Waals surface area contributed by atoms with Crippen molar-refractivity contribution in [3.8, 4) is 0 Å². The van der Waals surface area contributed by atoms with E-state index in [1.807, 2.05) is 23.9 Å². The largest absolute Gasteiger partial charge is 0.273 e. The lowest BCUT2D eigenvalue weighted by Crippen LogP contribution is -1.99. The molecule has 74 valence electrons.